The van der Waals surface area contributed by atoms with Gasteiger partial charge < -0.3 is 5.32 Å². The highest BCUT2D eigenvalue weighted by atomic mass is 32.1. The van der Waals surface area contributed by atoms with Gasteiger partial charge in [0, 0.05) is 21.8 Å². The summed E-state index contributed by atoms with van der Waals surface area (Å²) >= 11 is 1.90. The van der Waals surface area contributed by atoms with E-state index >= 15 is 0 Å². The molecule has 1 heterocycles. The van der Waals surface area contributed by atoms with Crippen molar-refractivity contribution in [2.45, 2.75) is 45.7 Å². The molecular formula is C18H23NS. The van der Waals surface area contributed by atoms with E-state index in [0.29, 0.717) is 12.1 Å². The van der Waals surface area contributed by atoms with Gasteiger partial charge in [0.1, 0.15) is 0 Å². The Bertz CT molecular complexity index is 568. The van der Waals surface area contributed by atoms with Crippen LogP contribution in [-0.2, 0) is 0 Å². The summed E-state index contributed by atoms with van der Waals surface area (Å²) in [5, 5.41) is 3.87. The van der Waals surface area contributed by atoms with Crippen LogP contribution in [0.25, 0.3) is 0 Å². The molecule has 0 aliphatic heterocycles. The van der Waals surface area contributed by atoms with Gasteiger partial charge in [0.05, 0.1) is 0 Å². The monoisotopic (exact) mass is 285 g/mol. The summed E-state index contributed by atoms with van der Waals surface area (Å²) < 4.78 is 0. The molecule has 106 valence electrons. The summed E-state index contributed by atoms with van der Waals surface area (Å²) in [6, 6.07) is 14.2. The summed E-state index contributed by atoms with van der Waals surface area (Å²) in [5.74, 6) is 0.819. The number of benzene rings is 1. The minimum absolute atomic E-state index is 0.422. The van der Waals surface area contributed by atoms with E-state index in [1.165, 1.54) is 33.7 Å². The standard InChI is InChI=1S/C18H23NS/c1-12-11-17(14(3)20-12)13(2)19-18(16-9-10-16)15-7-5-4-6-8-15/h4-8,11,13,16,18-19H,9-10H2,1-3H3. The highest BCUT2D eigenvalue weighted by molar-refractivity contribution is 7.12. The lowest BCUT2D eigenvalue weighted by Crippen LogP contribution is -2.26. The second kappa shape index (κ2) is 5.71. The lowest BCUT2D eigenvalue weighted by atomic mass is 10.00. The number of hydrogen-bond donors (Lipinski definition) is 1. The molecule has 1 nitrogen and oxygen atoms in total. The Hall–Kier alpha value is -1.12. The Balaban J connectivity index is 1.79. The normalized spacial score (nSPS) is 17.9. The van der Waals surface area contributed by atoms with Crippen molar-refractivity contribution in [1.82, 2.24) is 5.32 Å². The molecular weight excluding hydrogens is 262 g/mol. The van der Waals surface area contributed by atoms with Gasteiger partial charge in [-0.05, 0) is 56.7 Å². The third-order valence-corrected chi connectivity index (χ3v) is 5.21. The molecule has 2 atom stereocenters. The van der Waals surface area contributed by atoms with Crippen molar-refractivity contribution in [3.8, 4) is 0 Å². The molecule has 2 unspecified atom stereocenters. The van der Waals surface area contributed by atoms with Crippen LogP contribution < -0.4 is 5.32 Å². The van der Waals surface area contributed by atoms with Crippen molar-refractivity contribution in [2.75, 3.05) is 0 Å². The second-order valence-corrected chi connectivity index (χ2v) is 7.44. The van der Waals surface area contributed by atoms with Crippen molar-refractivity contribution in [1.29, 1.82) is 0 Å². The van der Waals surface area contributed by atoms with Crippen LogP contribution in [-0.4, -0.2) is 0 Å². The molecule has 2 heteroatoms. The molecule has 1 N–H and O–H groups in total. The first-order valence-electron chi connectivity index (χ1n) is 7.53. The molecule has 1 fully saturated rings. The molecule has 3 rings (SSSR count). The topological polar surface area (TPSA) is 12.0 Å². The van der Waals surface area contributed by atoms with Gasteiger partial charge in [-0.1, -0.05) is 30.3 Å². The molecule has 0 saturated heterocycles. The number of rotatable bonds is 5. The molecule has 1 aliphatic carbocycles. The van der Waals surface area contributed by atoms with Gasteiger partial charge in [-0.25, -0.2) is 0 Å². The minimum Gasteiger partial charge on any atom is -0.303 e. The van der Waals surface area contributed by atoms with Crippen LogP contribution in [0.3, 0.4) is 0 Å². The van der Waals surface area contributed by atoms with Gasteiger partial charge >= 0.3 is 0 Å². The van der Waals surface area contributed by atoms with Gasteiger partial charge in [-0.2, -0.15) is 0 Å². The van der Waals surface area contributed by atoms with E-state index in [1.807, 2.05) is 11.3 Å². The number of aryl methyl sites for hydroxylation is 2. The predicted molar refractivity (Wildman–Crippen MR) is 87.3 cm³/mol. The highest BCUT2D eigenvalue weighted by Gasteiger charge is 2.33. The minimum atomic E-state index is 0.422. The lowest BCUT2D eigenvalue weighted by molar-refractivity contribution is 0.427. The maximum absolute atomic E-state index is 3.87. The van der Waals surface area contributed by atoms with Crippen molar-refractivity contribution in [3.63, 3.8) is 0 Å². The average molecular weight is 285 g/mol. The number of nitrogens with one attached hydrogen (secondary N) is 1. The molecule has 1 saturated carbocycles. The molecule has 0 spiro atoms. The van der Waals surface area contributed by atoms with Crippen LogP contribution in [0.4, 0.5) is 0 Å². The molecule has 2 aromatic rings. The molecule has 0 bridgehead atoms. The summed E-state index contributed by atoms with van der Waals surface area (Å²) in [4.78, 5) is 2.86. The van der Waals surface area contributed by atoms with E-state index in [-0.39, 0.29) is 0 Å². The average Bonchev–Trinajstić information content (AvgIpc) is 3.22. The maximum Gasteiger partial charge on any atom is 0.0353 e. The predicted octanol–water partition coefficient (Wildman–Crippen LogP) is 5.17. The second-order valence-electron chi connectivity index (χ2n) is 5.98. The third kappa shape index (κ3) is 2.97. The van der Waals surface area contributed by atoms with Crippen molar-refractivity contribution in [2.24, 2.45) is 5.92 Å². The van der Waals surface area contributed by atoms with Gasteiger partial charge in [-0.15, -0.1) is 11.3 Å². The molecule has 20 heavy (non-hydrogen) atoms. The summed E-state index contributed by atoms with van der Waals surface area (Å²) in [6.07, 6.45) is 2.72. The van der Waals surface area contributed by atoms with Crippen LogP contribution >= 0.6 is 11.3 Å². The van der Waals surface area contributed by atoms with E-state index in [4.69, 9.17) is 0 Å². The SMILES string of the molecule is Cc1cc(C(C)NC(c2ccccc2)C2CC2)c(C)s1. The Morgan fingerprint density at radius 2 is 1.85 bits per heavy atom. The first kappa shape index (κ1) is 13.8. The van der Waals surface area contributed by atoms with E-state index in [2.05, 4.69) is 62.5 Å². The van der Waals surface area contributed by atoms with Crippen LogP contribution in [0.2, 0.25) is 0 Å². The zero-order chi connectivity index (χ0) is 14.1. The van der Waals surface area contributed by atoms with Crippen molar-refractivity contribution >= 4 is 11.3 Å². The van der Waals surface area contributed by atoms with Gasteiger partial charge in [0.15, 0.2) is 0 Å². The summed E-state index contributed by atoms with van der Waals surface area (Å²) in [5.41, 5.74) is 2.90. The van der Waals surface area contributed by atoms with E-state index in [9.17, 15) is 0 Å². The molecule has 1 aliphatic rings. The molecule has 1 aromatic heterocycles. The van der Waals surface area contributed by atoms with Crippen molar-refractivity contribution < 1.29 is 0 Å². The maximum atomic E-state index is 3.87. The smallest absolute Gasteiger partial charge is 0.0353 e. The lowest BCUT2D eigenvalue weighted by Gasteiger charge is -2.24. The molecule has 1 aromatic carbocycles. The number of hydrogen-bond acceptors (Lipinski definition) is 2. The van der Waals surface area contributed by atoms with Crippen LogP contribution in [0.5, 0.6) is 0 Å². The van der Waals surface area contributed by atoms with Crippen LogP contribution in [0.15, 0.2) is 36.4 Å². The fraction of sp³-hybridized carbons (Fsp3) is 0.444. The quantitative estimate of drug-likeness (QED) is 0.799. The van der Waals surface area contributed by atoms with Gasteiger partial charge in [0.2, 0.25) is 0 Å². The first-order chi connectivity index (χ1) is 9.65. The molecule has 0 radical (unpaired) electrons. The Morgan fingerprint density at radius 1 is 1.15 bits per heavy atom. The number of thiophene rings is 1. The Kier molecular flexibility index (Phi) is 3.95. The molecule has 0 amide bonds. The fourth-order valence-corrected chi connectivity index (χ4v) is 4.06. The third-order valence-electron chi connectivity index (χ3n) is 4.23. The van der Waals surface area contributed by atoms with Gasteiger partial charge in [0.25, 0.3) is 0 Å². The van der Waals surface area contributed by atoms with Crippen LogP contribution in [0, 0.1) is 19.8 Å². The van der Waals surface area contributed by atoms with E-state index < -0.39 is 0 Å². The van der Waals surface area contributed by atoms with E-state index in [1.54, 1.807) is 0 Å². The fourth-order valence-electron chi connectivity index (χ4n) is 3.03. The Labute approximate surface area is 126 Å². The highest BCUT2D eigenvalue weighted by Crippen LogP contribution is 2.42. The van der Waals surface area contributed by atoms with Crippen LogP contribution in [0.1, 0.15) is 52.7 Å². The largest absolute Gasteiger partial charge is 0.303 e. The summed E-state index contributed by atoms with van der Waals surface area (Å²) in [7, 11) is 0. The summed E-state index contributed by atoms with van der Waals surface area (Å²) in [6.45, 7) is 6.73. The zero-order valence-corrected chi connectivity index (χ0v) is 13.3. The van der Waals surface area contributed by atoms with E-state index in [0.717, 1.165) is 5.92 Å². The first-order valence-corrected chi connectivity index (χ1v) is 8.34. The van der Waals surface area contributed by atoms with Gasteiger partial charge in [-0.3, -0.25) is 0 Å². The Morgan fingerprint density at radius 3 is 2.40 bits per heavy atom. The zero-order valence-electron chi connectivity index (χ0n) is 12.5. The van der Waals surface area contributed by atoms with Crippen molar-refractivity contribution in [3.05, 3.63) is 57.3 Å².